The molecular formula is C20H28N2O2. The molecule has 4 nitrogen and oxygen atoms in total. The lowest BCUT2D eigenvalue weighted by atomic mass is 9.77. The first kappa shape index (κ1) is 17.0. The minimum atomic E-state index is -0.394. The van der Waals surface area contributed by atoms with Gasteiger partial charge in [0.15, 0.2) is 0 Å². The van der Waals surface area contributed by atoms with E-state index in [1.807, 2.05) is 6.92 Å². The predicted molar refractivity (Wildman–Crippen MR) is 96.5 cm³/mol. The molecule has 0 aromatic heterocycles. The van der Waals surface area contributed by atoms with E-state index in [1.54, 1.807) is 7.11 Å². The number of carbonyl (C=O) groups excluding carboxylic acids is 1. The monoisotopic (exact) mass is 328 g/mol. The standard InChI is InChI=1S/C20H28N2O2/c1-15-5-6-17(13-18(15)24-2)20(9-3-4-10-20)19(23)22-14-16-7-11-21-12-8-16/h5-7,13,21H,3-4,8-12,14H2,1-2H3,(H,22,23). The fourth-order valence-corrected chi connectivity index (χ4v) is 3.94. The fourth-order valence-electron chi connectivity index (χ4n) is 3.94. The van der Waals surface area contributed by atoms with Gasteiger partial charge in [0.05, 0.1) is 12.5 Å². The molecule has 0 spiro atoms. The summed E-state index contributed by atoms with van der Waals surface area (Å²) in [7, 11) is 1.69. The van der Waals surface area contributed by atoms with Gasteiger partial charge in [0.2, 0.25) is 5.91 Å². The molecule has 24 heavy (non-hydrogen) atoms. The van der Waals surface area contributed by atoms with Gasteiger partial charge in [-0.25, -0.2) is 0 Å². The molecule has 130 valence electrons. The number of amides is 1. The van der Waals surface area contributed by atoms with Gasteiger partial charge in [0.25, 0.3) is 0 Å². The Hall–Kier alpha value is -1.81. The van der Waals surface area contributed by atoms with Crippen LogP contribution < -0.4 is 15.4 Å². The molecule has 1 amide bonds. The van der Waals surface area contributed by atoms with Crippen molar-refractivity contribution >= 4 is 5.91 Å². The van der Waals surface area contributed by atoms with Crippen LogP contribution >= 0.6 is 0 Å². The van der Waals surface area contributed by atoms with Gasteiger partial charge < -0.3 is 15.4 Å². The molecule has 0 radical (unpaired) electrons. The van der Waals surface area contributed by atoms with Crippen molar-refractivity contribution in [3.63, 3.8) is 0 Å². The van der Waals surface area contributed by atoms with Crippen LogP contribution in [0.15, 0.2) is 29.8 Å². The Morgan fingerprint density at radius 3 is 2.79 bits per heavy atom. The van der Waals surface area contributed by atoms with Crippen LogP contribution in [-0.2, 0) is 10.2 Å². The van der Waals surface area contributed by atoms with Crippen LogP contribution in [0.2, 0.25) is 0 Å². The largest absolute Gasteiger partial charge is 0.496 e. The van der Waals surface area contributed by atoms with Crippen LogP contribution in [-0.4, -0.2) is 32.7 Å². The van der Waals surface area contributed by atoms with Crippen molar-refractivity contribution in [2.45, 2.75) is 44.4 Å². The van der Waals surface area contributed by atoms with E-state index in [0.717, 1.165) is 62.1 Å². The Morgan fingerprint density at radius 1 is 1.33 bits per heavy atom. The molecule has 3 rings (SSSR count). The zero-order valence-corrected chi connectivity index (χ0v) is 14.8. The molecule has 1 fully saturated rings. The lowest BCUT2D eigenvalue weighted by molar-refractivity contribution is -0.126. The Bertz CT molecular complexity index is 631. The second-order valence-electron chi connectivity index (χ2n) is 6.97. The summed E-state index contributed by atoms with van der Waals surface area (Å²) in [6, 6.07) is 6.23. The smallest absolute Gasteiger partial charge is 0.230 e. The normalized spacial score (nSPS) is 19.7. The zero-order chi connectivity index (χ0) is 17.0. The minimum absolute atomic E-state index is 0.172. The third-order valence-electron chi connectivity index (χ3n) is 5.49. The van der Waals surface area contributed by atoms with Crippen molar-refractivity contribution < 1.29 is 9.53 Å². The highest BCUT2D eigenvalue weighted by Crippen LogP contribution is 2.42. The van der Waals surface area contributed by atoms with E-state index in [9.17, 15) is 4.79 Å². The SMILES string of the molecule is COc1cc(C2(C(=O)NCC3=CCNCC3)CCCC2)ccc1C. The highest BCUT2D eigenvalue weighted by Gasteiger charge is 2.42. The van der Waals surface area contributed by atoms with Gasteiger partial charge in [-0.05, 0) is 49.9 Å². The molecule has 1 aliphatic carbocycles. The summed E-state index contributed by atoms with van der Waals surface area (Å²) in [6.07, 6.45) is 7.27. The van der Waals surface area contributed by atoms with Crippen LogP contribution in [0, 0.1) is 6.92 Å². The number of methoxy groups -OCH3 is 1. The van der Waals surface area contributed by atoms with E-state index in [1.165, 1.54) is 5.57 Å². The van der Waals surface area contributed by atoms with Crippen LogP contribution in [0.4, 0.5) is 0 Å². The van der Waals surface area contributed by atoms with Crippen molar-refractivity contribution in [3.05, 3.63) is 41.0 Å². The molecule has 0 saturated heterocycles. The average Bonchev–Trinajstić information content (AvgIpc) is 3.12. The summed E-state index contributed by atoms with van der Waals surface area (Å²) in [5.74, 6) is 1.04. The number of hydrogen-bond donors (Lipinski definition) is 2. The van der Waals surface area contributed by atoms with Gasteiger partial charge in [-0.15, -0.1) is 0 Å². The van der Waals surface area contributed by atoms with Crippen molar-refractivity contribution in [2.24, 2.45) is 0 Å². The van der Waals surface area contributed by atoms with Crippen molar-refractivity contribution in [2.75, 3.05) is 26.7 Å². The fraction of sp³-hybridized carbons (Fsp3) is 0.550. The predicted octanol–water partition coefficient (Wildman–Crippen LogP) is 2.85. The van der Waals surface area contributed by atoms with Gasteiger partial charge in [-0.1, -0.05) is 36.6 Å². The molecule has 1 aliphatic heterocycles. The first-order chi connectivity index (χ1) is 11.7. The number of benzene rings is 1. The third-order valence-corrected chi connectivity index (χ3v) is 5.49. The molecule has 0 bridgehead atoms. The number of carbonyl (C=O) groups is 1. The third kappa shape index (κ3) is 3.34. The van der Waals surface area contributed by atoms with Gasteiger partial charge in [-0.3, -0.25) is 4.79 Å². The number of ether oxygens (including phenoxy) is 1. The van der Waals surface area contributed by atoms with Crippen molar-refractivity contribution in [3.8, 4) is 5.75 Å². The summed E-state index contributed by atoms with van der Waals surface area (Å²) in [5, 5.41) is 6.52. The Labute approximate surface area is 144 Å². The van der Waals surface area contributed by atoms with Crippen LogP contribution in [0.25, 0.3) is 0 Å². The van der Waals surface area contributed by atoms with Crippen molar-refractivity contribution in [1.29, 1.82) is 0 Å². The van der Waals surface area contributed by atoms with Crippen molar-refractivity contribution in [1.82, 2.24) is 10.6 Å². The summed E-state index contributed by atoms with van der Waals surface area (Å²) in [6.45, 7) is 4.62. The maximum atomic E-state index is 13.1. The van der Waals surface area contributed by atoms with E-state index < -0.39 is 5.41 Å². The van der Waals surface area contributed by atoms with E-state index in [4.69, 9.17) is 4.74 Å². The lowest BCUT2D eigenvalue weighted by Crippen LogP contribution is -2.43. The first-order valence-corrected chi connectivity index (χ1v) is 8.98. The number of hydrogen-bond acceptors (Lipinski definition) is 3. The highest BCUT2D eigenvalue weighted by molar-refractivity contribution is 5.89. The minimum Gasteiger partial charge on any atom is -0.496 e. The van der Waals surface area contributed by atoms with E-state index in [-0.39, 0.29) is 5.91 Å². The van der Waals surface area contributed by atoms with Crippen LogP contribution in [0.1, 0.15) is 43.2 Å². The number of aryl methyl sites for hydroxylation is 1. The number of nitrogens with one attached hydrogen (secondary N) is 2. The average molecular weight is 328 g/mol. The second-order valence-corrected chi connectivity index (χ2v) is 6.97. The molecule has 4 heteroatoms. The molecular weight excluding hydrogens is 300 g/mol. The summed E-state index contributed by atoms with van der Waals surface area (Å²) in [5.41, 5.74) is 3.14. The van der Waals surface area contributed by atoms with E-state index >= 15 is 0 Å². The molecule has 0 unspecified atom stereocenters. The Morgan fingerprint density at radius 2 is 2.12 bits per heavy atom. The molecule has 2 aliphatic rings. The Balaban J connectivity index is 1.80. The maximum Gasteiger partial charge on any atom is 0.230 e. The first-order valence-electron chi connectivity index (χ1n) is 8.98. The lowest BCUT2D eigenvalue weighted by Gasteiger charge is -2.29. The van der Waals surface area contributed by atoms with Gasteiger partial charge >= 0.3 is 0 Å². The number of rotatable bonds is 5. The maximum absolute atomic E-state index is 13.1. The topological polar surface area (TPSA) is 50.4 Å². The Kier molecular flexibility index (Phi) is 5.24. The molecule has 1 aromatic carbocycles. The highest BCUT2D eigenvalue weighted by atomic mass is 16.5. The zero-order valence-electron chi connectivity index (χ0n) is 14.8. The van der Waals surface area contributed by atoms with Gasteiger partial charge in [0, 0.05) is 13.1 Å². The van der Waals surface area contributed by atoms with Crippen LogP contribution in [0.5, 0.6) is 5.75 Å². The quantitative estimate of drug-likeness (QED) is 0.817. The molecule has 1 aromatic rings. The van der Waals surface area contributed by atoms with Crippen LogP contribution in [0.3, 0.4) is 0 Å². The van der Waals surface area contributed by atoms with Gasteiger partial charge in [0.1, 0.15) is 5.75 Å². The molecule has 1 saturated carbocycles. The summed E-state index contributed by atoms with van der Waals surface area (Å²) < 4.78 is 5.48. The summed E-state index contributed by atoms with van der Waals surface area (Å²) in [4.78, 5) is 13.1. The van der Waals surface area contributed by atoms with E-state index in [0.29, 0.717) is 6.54 Å². The molecule has 2 N–H and O–H groups in total. The van der Waals surface area contributed by atoms with E-state index in [2.05, 4.69) is 34.9 Å². The second kappa shape index (κ2) is 7.39. The molecule has 0 atom stereocenters. The molecule has 1 heterocycles. The summed E-state index contributed by atoms with van der Waals surface area (Å²) >= 11 is 0. The van der Waals surface area contributed by atoms with Gasteiger partial charge in [-0.2, -0.15) is 0 Å².